The molecule has 0 aliphatic carbocycles. The van der Waals surface area contributed by atoms with Crippen LogP contribution in [0.5, 0.6) is 0 Å². The van der Waals surface area contributed by atoms with Crippen LogP contribution < -0.4 is 5.32 Å². The summed E-state index contributed by atoms with van der Waals surface area (Å²) in [6, 6.07) is 10.4. The van der Waals surface area contributed by atoms with Gasteiger partial charge in [-0.1, -0.05) is 30.3 Å². The third-order valence-corrected chi connectivity index (χ3v) is 5.10. The van der Waals surface area contributed by atoms with E-state index in [2.05, 4.69) is 27.6 Å². The van der Waals surface area contributed by atoms with Gasteiger partial charge in [0.2, 0.25) is 0 Å². The first-order valence-corrected chi connectivity index (χ1v) is 9.02. The molecule has 2 aromatic rings. The first kappa shape index (κ1) is 18.9. The van der Waals surface area contributed by atoms with Gasteiger partial charge in [0.1, 0.15) is 0 Å². The van der Waals surface area contributed by atoms with Gasteiger partial charge in [-0.2, -0.15) is 5.10 Å². The van der Waals surface area contributed by atoms with Gasteiger partial charge >= 0.3 is 0 Å². The summed E-state index contributed by atoms with van der Waals surface area (Å²) < 4.78 is 5.54. The van der Waals surface area contributed by atoms with Crippen LogP contribution in [0.3, 0.4) is 0 Å². The Morgan fingerprint density at radius 1 is 1.31 bits per heavy atom. The van der Waals surface area contributed by atoms with Crippen LogP contribution in [0.4, 0.5) is 0 Å². The summed E-state index contributed by atoms with van der Waals surface area (Å²) in [6.45, 7) is 3.66. The molecule has 1 unspecified atom stereocenters. The molecule has 2 N–H and O–H groups in total. The molecule has 4 rings (SSSR count). The summed E-state index contributed by atoms with van der Waals surface area (Å²) in [5.41, 5.74) is 3.93. The Kier molecular flexibility index (Phi) is 6.29. The predicted octanol–water partition coefficient (Wildman–Crippen LogP) is 1.95. The monoisotopic (exact) mass is 376 g/mol. The van der Waals surface area contributed by atoms with E-state index in [1.807, 2.05) is 23.1 Å². The fourth-order valence-corrected chi connectivity index (χ4v) is 3.65. The van der Waals surface area contributed by atoms with Crippen LogP contribution in [0.2, 0.25) is 0 Å². The lowest BCUT2D eigenvalue weighted by Gasteiger charge is -2.28. The van der Waals surface area contributed by atoms with Crippen LogP contribution in [0.1, 0.15) is 33.7 Å². The number of hydrogen-bond donors (Lipinski definition) is 2. The Hall–Kier alpha value is -1.89. The number of rotatable bonds is 5. The number of fused-ring (bicyclic) bond motifs is 1. The number of carbonyl (C=O) groups excluding carboxylic acids is 1. The minimum absolute atomic E-state index is 0. The number of halogens is 1. The molecular weight excluding hydrogens is 352 g/mol. The van der Waals surface area contributed by atoms with E-state index in [4.69, 9.17) is 4.74 Å². The van der Waals surface area contributed by atoms with E-state index in [1.54, 1.807) is 0 Å². The van der Waals surface area contributed by atoms with Gasteiger partial charge in [-0.25, -0.2) is 0 Å². The summed E-state index contributed by atoms with van der Waals surface area (Å²) in [6.07, 6.45) is 2.63. The highest BCUT2D eigenvalue weighted by atomic mass is 35.5. The van der Waals surface area contributed by atoms with Crippen LogP contribution in [0.25, 0.3) is 0 Å². The minimum Gasteiger partial charge on any atom is -0.379 e. The van der Waals surface area contributed by atoms with Gasteiger partial charge in [0, 0.05) is 43.9 Å². The number of H-pyrrole nitrogens is 1. The van der Waals surface area contributed by atoms with E-state index in [1.165, 1.54) is 5.56 Å². The summed E-state index contributed by atoms with van der Waals surface area (Å²) in [5.74, 6) is 0.0210. The standard InChI is InChI=1S/C19H24N4O2.ClH/c24-19(18-16-12-20-9-6-17(16)21-22-18)23(15-8-11-25-13-15)10-7-14-4-2-1-3-5-14;/h1-5,15,20H,6-13H2,(H,21,22);1H. The van der Waals surface area contributed by atoms with E-state index in [0.29, 0.717) is 25.4 Å². The molecule has 2 aliphatic heterocycles. The zero-order valence-corrected chi connectivity index (χ0v) is 15.6. The summed E-state index contributed by atoms with van der Waals surface area (Å²) in [4.78, 5) is 15.2. The van der Waals surface area contributed by atoms with Gasteiger partial charge in [0.25, 0.3) is 5.91 Å². The predicted molar refractivity (Wildman–Crippen MR) is 102 cm³/mol. The molecule has 26 heavy (non-hydrogen) atoms. The molecule has 1 atom stereocenters. The molecule has 140 valence electrons. The van der Waals surface area contributed by atoms with E-state index >= 15 is 0 Å². The number of carbonyl (C=O) groups is 1. The van der Waals surface area contributed by atoms with Crippen molar-refractivity contribution >= 4 is 18.3 Å². The number of ether oxygens (including phenoxy) is 1. The van der Waals surface area contributed by atoms with Crippen molar-refractivity contribution in [2.45, 2.75) is 31.8 Å². The Morgan fingerprint density at radius 3 is 2.92 bits per heavy atom. The summed E-state index contributed by atoms with van der Waals surface area (Å²) >= 11 is 0. The number of benzene rings is 1. The van der Waals surface area contributed by atoms with Crippen molar-refractivity contribution in [2.75, 3.05) is 26.3 Å². The van der Waals surface area contributed by atoms with Crippen molar-refractivity contribution in [1.29, 1.82) is 0 Å². The second-order valence-electron chi connectivity index (χ2n) is 6.71. The highest BCUT2D eigenvalue weighted by Crippen LogP contribution is 2.21. The lowest BCUT2D eigenvalue weighted by Crippen LogP contribution is -2.43. The van der Waals surface area contributed by atoms with Gasteiger partial charge < -0.3 is 15.0 Å². The number of amides is 1. The van der Waals surface area contributed by atoms with Crippen LogP contribution in [0.15, 0.2) is 30.3 Å². The zero-order valence-electron chi connectivity index (χ0n) is 14.7. The van der Waals surface area contributed by atoms with Crippen LogP contribution in [-0.4, -0.2) is 53.3 Å². The molecule has 0 bridgehead atoms. The molecule has 6 nitrogen and oxygen atoms in total. The van der Waals surface area contributed by atoms with Gasteiger partial charge in [-0.3, -0.25) is 9.89 Å². The van der Waals surface area contributed by atoms with Crippen molar-refractivity contribution in [3.8, 4) is 0 Å². The van der Waals surface area contributed by atoms with E-state index in [0.717, 1.165) is 43.7 Å². The minimum atomic E-state index is 0. The highest BCUT2D eigenvalue weighted by Gasteiger charge is 2.31. The average Bonchev–Trinajstić information content (AvgIpc) is 3.32. The quantitative estimate of drug-likeness (QED) is 0.836. The van der Waals surface area contributed by atoms with Crippen LogP contribution in [-0.2, 0) is 24.1 Å². The fourth-order valence-electron chi connectivity index (χ4n) is 3.65. The molecular formula is C19H25ClN4O2. The second kappa shape index (κ2) is 8.66. The Morgan fingerprint density at radius 2 is 2.15 bits per heavy atom. The van der Waals surface area contributed by atoms with Crippen molar-refractivity contribution in [1.82, 2.24) is 20.4 Å². The second-order valence-corrected chi connectivity index (χ2v) is 6.71. The normalized spacial score (nSPS) is 18.8. The van der Waals surface area contributed by atoms with Crippen LogP contribution in [0, 0.1) is 0 Å². The third kappa shape index (κ3) is 3.92. The molecule has 3 heterocycles. The van der Waals surface area contributed by atoms with E-state index < -0.39 is 0 Å². The third-order valence-electron chi connectivity index (χ3n) is 5.10. The number of nitrogens with zero attached hydrogens (tertiary/aromatic N) is 2. The Balaban J connectivity index is 0.00000196. The molecule has 1 fully saturated rings. The van der Waals surface area contributed by atoms with Gasteiger partial charge in [-0.15, -0.1) is 12.4 Å². The molecule has 0 radical (unpaired) electrons. The molecule has 2 aliphatic rings. The van der Waals surface area contributed by atoms with E-state index in [-0.39, 0.29) is 24.4 Å². The first-order valence-electron chi connectivity index (χ1n) is 9.02. The Bertz CT molecular complexity index is 728. The maximum Gasteiger partial charge on any atom is 0.275 e. The summed E-state index contributed by atoms with van der Waals surface area (Å²) in [7, 11) is 0. The smallest absolute Gasteiger partial charge is 0.275 e. The Labute approximate surface area is 159 Å². The molecule has 7 heteroatoms. The van der Waals surface area contributed by atoms with Gasteiger partial charge in [-0.05, 0) is 18.4 Å². The summed E-state index contributed by atoms with van der Waals surface area (Å²) in [5, 5.41) is 10.7. The lowest BCUT2D eigenvalue weighted by atomic mass is 10.0. The van der Waals surface area contributed by atoms with Crippen molar-refractivity contribution in [2.24, 2.45) is 0 Å². The molecule has 0 saturated carbocycles. The maximum absolute atomic E-state index is 13.2. The first-order chi connectivity index (χ1) is 12.3. The molecule has 0 spiro atoms. The fraction of sp³-hybridized carbons (Fsp3) is 0.474. The molecule has 1 amide bonds. The lowest BCUT2D eigenvalue weighted by molar-refractivity contribution is 0.0649. The number of aromatic amines is 1. The maximum atomic E-state index is 13.2. The number of nitrogens with one attached hydrogen (secondary N) is 2. The molecule has 1 aromatic heterocycles. The van der Waals surface area contributed by atoms with Crippen LogP contribution >= 0.6 is 12.4 Å². The highest BCUT2D eigenvalue weighted by molar-refractivity contribution is 5.94. The van der Waals surface area contributed by atoms with Crippen molar-refractivity contribution in [3.05, 3.63) is 52.8 Å². The number of hydrogen-bond acceptors (Lipinski definition) is 4. The zero-order chi connectivity index (χ0) is 17.1. The van der Waals surface area contributed by atoms with Gasteiger partial charge in [0.05, 0.1) is 12.6 Å². The largest absolute Gasteiger partial charge is 0.379 e. The molecule has 1 saturated heterocycles. The SMILES string of the molecule is Cl.O=C(c1n[nH]c2c1CNCC2)N(CCc1ccccc1)C1CCOC1. The van der Waals surface area contributed by atoms with Crippen molar-refractivity contribution in [3.63, 3.8) is 0 Å². The average molecular weight is 377 g/mol. The van der Waals surface area contributed by atoms with Crippen molar-refractivity contribution < 1.29 is 9.53 Å². The van der Waals surface area contributed by atoms with Gasteiger partial charge in [0.15, 0.2) is 5.69 Å². The topological polar surface area (TPSA) is 70.2 Å². The molecule has 1 aromatic carbocycles. The van der Waals surface area contributed by atoms with E-state index in [9.17, 15) is 4.79 Å². The number of aromatic nitrogens is 2.